The molecule has 0 saturated heterocycles. The van der Waals surface area contributed by atoms with Crippen LogP contribution in [0.1, 0.15) is 74.5 Å². The number of carbonyl (C=O) groups is 1. The summed E-state index contributed by atoms with van der Waals surface area (Å²) in [7, 11) is 0. The van der Waals surface area contributed by atoms with Crippen molar-refractivity contribution in [3.8, 4) is 0 Å². The summed E-state index contributed by atoms with van der Waals surface area (Å²) in [6, 6.07) is 19.6. The maximum atomic E-state index is 10.4. The Kier molecular flexibility index (Phi) is 9.47. The van der Waals surface area contributed by atoms with Gasteiger partial charge in [-0.15, -0.1) is 0 Å². The lowest BCUT2D eigenvalue weighted by molar-refractivity contribution is 0.0899. The van der Waals surface area contributed by atoms with Crippen molar-refractivity contribution in [3.05, 3.63) is 71.3 Å². The number of hydrogen-bond acceptors (Lipinski definition) is 2. The monoisotopic (exact) mass is 368 g/mol. The van der Waals surface area contributed by atoms with E-state index in [4.69, 9.17) is 5.11 Å². The molecule has 27 heavy (non-hydrogen) atoms. The zero-order valence-electron chi connectivity index (χ0n) is 16.4. The van der Waals surface area contributed by atoms with Gasteiger partial charge in [0.2, 0.25) is 0 Å². The highest BCUT2D eigenvalue weighted by Crippen LogP contribution is 2.33. The molecular formula is C24H32O3. The molecule has 2 aromatic rings. The number of aryl methyl sites for hydroxylation is 1. The first kappa shape index (κ1) is 21.0. The van der Waals surface area contributed by atoms with Crippen molar-refractivity contribution < 1.29 is 14.6 Å². The molecular weight excluding hydrogens is 336 g/mol. The first-order valence-corrected chi connectivity index (χ1v) is 10.2. The van der Waals surface area contributed by atoms with E-state index in [1.165, 1.54) is 36.0 Å². The summed E-state index contributed by atoms with van der Waals surface area (Å²) < 4.78 is 4.61. The summed E-state index contributed by atoms with van der Waals surface area (Å²) in [4.78, 5) is 10.4. The highest BCUT2D eigenvalue weighted by atomic mass is 16.7. The molecule has 0 heterocycles. The van der Waals surface area contributed by atoms with Gasteiger partial charge in [-0.05, 0) is 42.4 Å². The van der Waals surface area contributed by atoms with Crippen LogP contribution in [0.15, 0.2) is 54.6 Å². The van der Waals surface area contributed by atoms with E-state index in [1.807, 2.05) is 0 Å². The zero-order chi connectivity index (χ0) is 19.3. The van der Waals surface area contributed by atoms with Crippen molar-refractivity contribution in [1.29, 1.82) is 0 Å². The molecule has 0 fully saturated rings. The lowest BCUT2D eigenvalue weighted by Crippen LogP contribution is -2.06. The first-order valence-electron chi connectivity index (χ1n) is 10.2. The summed E-state index contributed by atoms with van der Waals surface area (Å²) in [5.41, 5.74) is 4.28. The molecule has 3 nitrogen and oxygen atoms in total. The van der Waals surface area contributed by atoms with Gasteiger partial charge in [0.15, 0.2) is 0 Å². The molecule has 2 rings (SSSR count). The van der Waals surface area contributed by atoms with Gasteiger partial charge in [-0.25, -0.2) is 4.79 Å². The number of benzene rings is 2. The topological polar surface area (TPSA) is 46.5 Å². The Morgan fingerprint density at radius 3 is 2.41 bits per heavy atom. The quantitative estimate of drug-likeness (QED) is 0.331. The van der Waals surface area contributed by atoms with Gasteiger partial charge in [-0.3, -0.25) is 0 Å². The second-order valence-electron chi connectivity index (χ2n) is 7.08. The summed E-state index contributed by atoms with van der Waals surface area (Å²) >= 11 is 0. The van der Waals surface area contributed by atoms with E-state index in [9.17, 15) is 4.79 Å². The summed E-state index contributed by atoms with van der Waals surface area (Å²) in [5.74, 6) is 0.393. The van der Waals surface area contributed by atoms with Crippen LogP contribution in [-0.4, -0.2) is 17.9 Å². The first-order chi connectivity index (χ1) is 13.2. The predicted molar refractivity (Wildman–Crippen MR) is 110 cm³/mol. The van der Waals surface area contributed by atoms with Crippen LogP contribution in [-0.2, 0) is 11.2 Å². The van der Waals surface area contributed by atoms with Gasteiger partial charge in [-0.1, -0.05) is 87.2 Å². The van der Waals surface area contributed by atoms with Gasteiger partial charge in [0.25, 0.3) is 0 Å². The Morgan fingerprint density at radius 2 is 1.67 bits per heavy atom. The maximum absolute atomic E-state index is 10.4. The number of unbranched alkanes of at least 4 members (excludes halogenated alkanes) is 4. The van der Waals surface area contributed by atoms with E-state index in [-0.39, 0.29) is 0 Å². The summed E-state index contributed by atoms with van der Waals surface area (Å²) in [5, 5.41) is 8.55. The molecule has 0 aliphatic heterocycles. The molecule has 1 atom stereocenters. The Labute approximate surface area is 163 Å². The molecule has 3 heteroatoms. The van der Waals surface area contributed by atoms with Gasteiger partial charge in [0.1, 0.15) is 0 Å². The second kappa shape index (κ2) is 12.2. The minimum Gasteiger partial charge on any atom is -0.450 e. The Balaban J connectivity index is 2.06. The molecule has 1 unspecified atom stereocenters. The molecule has 146 valence electrons. The van der Waals surface area contributed by atoms with E-state index in [1.54, 1.807) is 0 Å². The standard InChI is InChI=1S/C24H32O3/c1-2-3-6-13-20-16-10-11-18-23(20)22(21-14-7-4-8-15-21)17-9-5-12-19-27-24(25)26/h4,7-8,10-11,14-16,18,22H,2-3,5-6,9,12-13,17,19H2,1H3,(H,25,26). The average molecular weight is 369 g/mol. The number of carboxylic acid groups (broad SMARTS) is 1. The SMILES string of the molecule is CCCCCc1ccccc1C(CCCCCOC(=O)O)c1ccccc1. The minimum atomic E-state index is -1.18. The third kappa shape index (κ3) is 7.46. The van der Waals surface area contributed by atoms with Crippen molar-refractivity contribution in [2.24, 2.45) is 0 Å². The van der Waals surface area contributed by atoms with Crippen LogP contribution >= 0.6 is 0 Å². The van der Waals surface area contributed by atoms with Crippen molar-refractivity contribution >= 4 is 6.16 Å². The normalized spacial score (nSPS) is 11.9. The van der Waals surface area contributed by atoms with E-state index >= 15 is 0 Å². The lowest BCUT2D eigenvalue weighted by atomic mass is 9.83. The number of hydrogen-bond donors (Lipinski definition) is 1. The third-order valence-electron chi connectivity index (χ3n) is 5.04. The zero-order valence-corrected chi connectivity index (χ0v) is 16.4. The molecule has 0 aliphatic carbocycles. The van der Waals surface area contributed by atoms with Gasteiger partial charge in [0.05, 0.1) is 6.61 Å². The smallest absolute Gasteiger partial charge is 0.450 e. The van der Waals surface area contributed by atoms with E-state index in [0.717, 1.165) is 32.1 Å². The largest absolute Gasteiger partial charge is 0.505 e. The highest BCUT2D eigenvalue weighted by molar-refractivity contribution is 5.56. The number of rotatable bonds is 12. The van der Waals surface area contributed by atoms with Crippen LogP contribution < -0.4 is 0 Å². The van der Waals surface area contributed by atoms with Crippen LogP contribution in [0.5, 0.6) is 0 Å². The van der Waals surface area contributed by atoms with Crippen molar-refractivity contribution in [3.63, 3.8) is 0 Å². The molecule has 0 radical (unpaired) electrons. The summed E-state index contributed by atoms with van der Waals surface area (Å²) in [6.45, 7) is 2.53. The Bertz CT molecular complexity index is 666. The molecule has 2 aromatic carbocycles. The van der Waals surface area contributed by atoms with Crippen LogP contribution in [0.4, 0.5) is 4.79 Å². The van der Waals surface area contributed by atoms with Crippen LogP contribution in [0.2, 0.25) is 0 Å². The van der Waals surface area contributed by atoms with E-state index in [2.05, 4.69) is 66.3 Å². The van der Waals surface area contributed by atoms with Crippen LogP contribution in [0.25, 0.3) is 0 Å². The number of ether oxygens (including phenoxy) is 1. The van der Waals surface area contributed by atoms with Crippen molar-refractivity contribution in [2.75, 3.05) is 6.61 Å². The maximum Gasteiger partial charge on any atom is 0.505 e. The fourth-order valence-corrected chi connectivity index (χ4v) is 3.64. The lowest BCUT2D eigenvalue weighted by Gasteiger charge is -2.21. The molecule has 0 aromatic heterocycles. The van der Waals surface area contributed by atoms with Crippen LogP contribution in [0, 0.1) is 0 Å². The van der Waals surface area contributed by atoms with Gasteiger partial charge < -0.3 is 9.84 Å². The van der Waals surface area contributed by atoms with Crippen molar-refractivity contribution in [1.82, 2.24) is 0 Å². The molecule has 1 N–H and O–H groups in total. The fraction of sp³-hybridized carbons (Fsp3) is 0.458. The Hall–Kier alpha value is -2.29. The van der Waals surface area contributed by atoms with E-state index in [0.29, 0.717) is 12.5 Å². The van der Waals surface area contributed by atoms with Crippen molar-refractivity contribution in [2.45, 2.75) is 64.2 Å². The average Bonchev–Trinajstić information content (AvgIpc) is 2.69. The van der Waals surface area contributed by atoms with Gasteiger partial charge in [0, 0.05) is 5.92 Å². The van der Waals surface area contributed by atoms with Gasteiger partial charge in [-0.2, -0.15) is 0 Å². The second-order valence-corrected chi connectivity index (χ2v) is 7.08. The Morgan fingerprint density at radius 1 is 0.926 bits per heavy atom. The molecule has 0 bridgehead atoms. The summed E-state index contributed by atoms with van der Waals surface area (Å²) in [6.07, 6.45) is 7.60. The van der Waals surface area contributed by atoms with Crippen LogP contribution in [0.3, 0.4) is 0 Å². The van der Waals surface area contributed by atoms with Gasteiger partial charge >= 0.3 is 6.16 Å². The third-order valence-corrected chi connectivity index (χ3v) is 5.04. The fourth-order valence-electron chi connectivity index (χ4n) is 3.64. The molecule has 0 aliphatic rings. The molecule has 0 spiro atoms. The molecule has 0 saturated carbocycles. The highest BCUT2D eigenvalue weighted by Gasteiger charge is 2.17. The van der Waals surface area contributed by atoms with E-state index < -0.39 is 6.16 Å². The molecule has 0 amide bonds. The predicted octanol–water partition coefficient (Wildman–Crippen LogP) is 6.81. The minimum absolute atomic E-state index is 0.291.